The molecule has 0 fully saturated rings. The lowest BCUT2D eigenvalue weighted by molar-refractivity contribution is 0.230. The second kappa shape index (κ2) is 5.27. The molecule has 14 heavy (non-hydrogen) atoms. The van der Waals surface area contributed by atoms with Gasteiger partial charge in [-0.05, 0) is 35.6 Å². The van der Waals surface area contributed by atoms with Crippen molar-refractivity contribution in [1.29, 1.82) is 0 Å². The summed E-state index contributed by atoms with van der Waals surface area (Å²) in [4.78, 5) is 13.4. The molecule has 0 aromatic heterocycles. The summed E-state index contributed by atoms with van der Waals surface area (Å²) in [6.45, 7) is 0.553. The van der Waals surface area contributed by atoms with Gasteiger partial charge in [0, 0.05) is 18.5 Å². The summed E-state index contributed by atoms with van der Waals surface area (Å²) >= 11 is 7.02. The first kappa shape index (κ1) is 11.4. The van der Waals surface area contributed by atoms with E-state index in [9.17, 15) is 4.79 Å². The highest BCUT2D eigenvalue weighted by Gasteiger charge is 2.04. The predicted molar refractivity (Wildman–Crippen MR) is 60.9 cm³/mol. The van der Waals surface area contributed by atoms with E-state index in [0.29, 0.717) is 6.54 Å². The van der Waals surface area contributed by atoms with Crippen LogP contribution in [0.2, 0.25) is 0 Å². The van der Waals surface area contributed by atoms with Gasteiger partial charge >= 0.3 is 5.37 Å². The van der Waals surface area contributed by atoms with Crippen molar-refractivity contribution in [2.24, 2.45) is 0 Å². The number of hydrogen-bond acceptors (Lipinski definition) is 2. The van der Waals surface area contributed by atoms with Crippen molar-refractivity contribution in [3.8, 4) is 0 Å². The Kier molecular flexibility index (Phi) is 4.29. The SMILES string of the molecule is CSc1ccc(CN(C)C(=O)Cl)cc1. The van der Waals surface area contributed by atoms with Crippen LogP contribution in [-0.2, 0) is 6.54 Å². The van der Waals surface area contributed by atoms with Gasteiger partial charge < -0.3 is 4.90 Å². The summed E-state index contributed by atoms with van der Waals surface area (Å²) in [6.07, 6.45) is 2.03. The number of carbonyl (C=O) groups is 1. The second-order valence-corrected chi connectivity index (χ2v) is 4.16. The summed E-state index contributed by atoms with van der Waals surface area (Å²) in [5, 5.41) is -0.432. The van der Waals surface area contributed by atoms with E-state index in [1.807, 2.05) is 30.5 Å². The Hall–Kier alpha value is -0.670. The average molecular weight is 230 g/mol. The molecule has 0 saturated carbocycles. The molecule has 1 amide bonds. The number of carbonyl (C=O) groups excluding carboxylic acids is 1. The topological polar surface area (TPSA) is 20.3 Å². The Bertz CT molecular complexity index is 312. The maximum Gasteiger partial charge on any atom is 0.316 e. The molecule has 0 aliphatic heterocycles. The molecule has 0 atom stereocenters. The first-order chi connectivity index (χ1) is 6.63. The third-order valence-electron chi connectivity index (χ3n) is 1.88. The van der Waals surface area contributed by atoms with Gasteiger partial charge in [-0.15, -0.1) is 11.8 Å². The second-order valence-electron chi connectivity index (χ2n) is 2.96. The van der Waals surface area contributed by atoms with Crippen LogP contribution in [0.4, 0.5) is 4.79 Å². The highest BCUT2D eigenvalue weighted by atomic mass is 35.5. The molecule has 0 spiro atoms. The summed E-state index contributed by atoms with van der Waals surface area (Å²) in [5.41, 5.74) is 1.08. The van der Waals surface area contributed by atoms with Crippen LogP contribution in [0.3, 0.4) is 0 Å². The Balaban J connectivity index is 2.64. The highest BCUT2D eigenvalue weighted by Crippen LogP contribution is 2.15. The van der Waals surface area contributed by atoms with Crippen molar-refractivity contribution < 1.29 is 4.79 Å². The van der Waals surface area contributed by atoms with E-state index in [-0.39, 0.29) is 0 Å². The fourth-order valence-electron chi connectivity index (χ4n) is 1.07. The average Bonchev–Trinajstić information content (AvgIpc) is 2.19. The number of thioether (sulfide) groups is 1. The highest BCUT2D eigenvalue weighted by molar-refractivity contribution is 7.98. The molecule has 4 heteroatoms. The summed E-state index contributed by atoms with van der Waals surface area (Å²) < 4.78 is 0. The fraction of sp³-hybridized carbons (Fsp3) is 0.300. The molecule has 0 aliphatic carbocycles. The maximum absolute atomic E-state index is 10.8. The summed E-state index contributed by atoms with van der Waals surface area (Å²) in [5.74, 6) is 0. The van der Waals surface area contributed by atoms with E-state index >= 15 is 0 Å². The first-order valence-corrected chi connectivity index (χ1v) is 5.77. The Morgan fingerprint density at radius 1 is 1.43 bits per heavy atom. The van der Waals surface area contributed by atoms with Crippen LogP contribution in [-0.4, -0.2) is 23.6 Å². The van der Waals surface area contributed by atoms with Crippen LogP contribution < -0.4 is 0 Å². The van der Waals surface area contributed by atoms with Gasteiger partial charge in [0.05, 0.1) is 0 Å². The third kappa shape index (κ3) is 3.24. The Morgan fingerprint density at radius 3 is 2.43 bits per heavy atom. The molecule has 2 nitrogen and oxygen atoms in total. The zero-order chi connectivity index (χ0) is 10.6. The molecular weight excluding hydrogens is 218 g/mol. The standard InChI is InChI=1S/C10H12ClNOS/c1-12(10(11)13)7-8-3-5-9(14-2)6-4-8/h3-6H,7H2,1-2H3. The molecule has 0 bridgehead atoms. The maximum atomic E-state index is 10.8. The van der Waals surface area contributed by atoms with Crippen molar-refractivity contribution in [3.05, 3.63) is 29.8 Å². The van der Waals surface area contributed by atoms with E-state index < -0.39 is 5.37 Å². The van der Waals surface area contributed by atoms with Crippen LogP contribution in [0, 0.1) is 0 Å². The lowest BCUT2D eigenvalue weighted by Crippen LogP contribution is -2.19. The van der Waals surface area contributed by atoms with Gasteiger partial charge in [-0.25, -0.2) is 0 Å². The van der Waals surface area contributed by atoms with Crippen molar-refractivity contribution in [1.82, 2.24) is 4.90 Å². The van der Waals surface area contributed by atoms with Gasteiger partial charge in [-0.3, -0.25) is 4.79 Å². The Morgan fingerprint density at radius 2 is 2.00 bits per heavy atom. The quantitative estimate of drug-likeness (QED) is 0.451. The molecular formula is C10H12ClNOS. The normalized spacial score (nSPS) is 9.93. The molecule has 1 aromatic rings. The largest absolute Gasteiger partial charge is 0.328 e. The number of hydrogen-bond donors (Lipinski definition) is 0. The van der Waals surface area contributed by atoms with Gasteiger partial charge in [-0.1, -0.05) is 12.1 Å². The van der Waals surface area contributed by atoms with Gasteiger partial charge in [0.1, 0.15) is 0 Å². The van der Waals surface area contributed by atoms with Crippen molar-refractivity contribution in [2.75, 3.05) is 13.3 Å². The first-order valence-electron chi connectivity index (χ1n) is 4.17. The fourth-order valence-corrected chi connectivity index (χ4v) is 1.53. The molecule has 0 N–H and O–H groups in total. The Labute approximate surface area is 93.2 Å². The molecule has 0 radical (unpaired) electrons. The lowest BCUT2D eigenvalue weighted by atomic mass is 10.2. The van der Waals surface area contributed by atoms with Crippen molar-refractivity contribution >= 4 is 28.7 Å². The molecule has 0 heterocycles. The molecule has 0 aliphatic rings. The molecule has 0 unspecified atom stereocenters. The van der Waals surface area contributed by atoms with Gasteiger partial charge in [-0.2, -0.15) is 0 Å². The van der Waals surface area contributed by atoms with Crippen LogP contribution >= 0.6 is 23.4 Å². The molecule has 1 aromatic carbocycles. The van der Waals surface area contributed by atoms with Crippen LogP contribution in [0.25, 0.3) is 0 Å². The van der Waals surface area contributed by atoms with Gasteiger partial charge in [0.15, 0.2) is 0 Å². The number of rotatable bonds is 3. The monoisotopic (exact) mass is 229 g/mol. The summed E-state index contributed by atoms with van der Waals surface area (Å²) in [7, 11) is 1.68. The molecule has 76 valence electrons. The molecule has 1 rings (SSSR count). The lowest BCUT2D eigenvalue weighted by Gasteiger charge is -2.13. The summed E-state index contributed by atoms with van der Waals surface area (Å²) in [6, 6.07) is 8.07. The number of benzene rings is 1. The number of nitrogens with zero attached hydrogens (tertiary/aromatic N) is 1. The van der Waals surface area contributed by atoms with E-state index in [0.717, 1.165) is 5.56 Å². The van der Waals surface area contributed by atoms with E-state index in [1.54, 1.807) is 18.8 Å². The van der Waals surface area contributed by atoms with E-state index in [2.05, 4.69) is 0 Å². The van der Waals surface area contributed by atoms with Gasteiger partial charge in [0.25, 0.3) is 0 Å². The zero-order valence-corrected chi connectivity index (χ0v) is 9.73. The van der Waals surface area contributed by atoms with Crippen LogP contribution in [0.15, 0.2) is 29.2 Å². The third-order valence-corrected chi connectivity index (χ3v) is 2.91. The van der Waals surface area contributed by atoms with Crippen LogP contribution in [0.5, 0.6) is 0 Å². The van der Waals surface area contributed by atoms with Crippen molar-refractivity contribution in [3.63, 3.8) is 0 Å². The van der Waals surface area contributed by atoms with Crippen LogP contribution in [0.1, 0.15) is 5.56 Å². The minimum atomic E-state index is -0.432. The predicted octanol–water partition coefficient (Wildman–Crippen LogP) is 3.20. The van der Waals surface area contributed by atoms with E-state index in [4.69, 9.17) is 11.6 Å². The molecule has 0 saturated heterocycles. The van der Waals surface area contributed by atoms with Crippen molar-refractivity contribution in [2.45, 2.75) is 11.4 Å². The zero-order valence-electron chi connectivity index (χ0n) is 8.16. The number of halogens is 1. The smallest absolute Gasteiger partial charge is 0.316 e. The minimum absolute atomic E-state index is 0.432. The van der Waals surface area contributed by atoms with E-state index in [1.165, 1.54) is 9.80 Å². The minimum Gasteiger partial charge on any atom is -0.328 e. The van der Waals surface area contributed by atoms with Gasteiger partial charge in [0.2, 0.25) is 0 Å². The number of amides is 1.